The first kappa shape index (κ1) is 15.1. The zero-order chi connectivity index (χ0) is 16.5. The van der Waals surface area contributed by atoms with Gasteiger partial charge in [0.1, 0.15) is 11.6 Å². The van der Waals surface area contributed by atoms with E-state index in [1.54, 1.807) is 0 Å². The summed E-state index contributed by atoms with van der Waals surface area (Å²) in [5.41, 5.74) is 2.38. The van der Waals surface area contributed by atoms with Crippen LogP contribution in [0.1, 0.15) is 36.6 Å². The van der Waals surface area contributed by atoms with E-state index in [1.165, 1.54) is 18.4 Å². The number of aryl methyl sites for hydroxylation is 2. The van der Waals surface area contributed by atoms with Crippen molar-refractivity contribution in [3.05, 3.63) is 47.9 Å². The standard InChI is InChI=1S/C19H23N5/c1-14-21-18-17(13-20-23(18)2)19(22-14)24-11-6-9-16(10-12-24)15-7-4-3-5-8-15/h3-5,7-8,13,16H,6,9-12H2,1-2H3. The highest BCUT2D eigenvalue weighted by Gasteiger charge is 2.22. The van der Waals surface area contributed by atoms with Gasteiger partial charge in [-0.1, -0.05) is 30.3 Å². The molecule has 124 valence electrons. The number of hydrogen-bond acceptors (Lipinski definition) is 4. The van der Waals surface area contributed by atoms with Gasteiger partial charge in [-0.2, -0.15) is 5.10 Å². The van der Waals surface area contributed by atoms with Gasteiger partial charge in [-0.3, -0.25) is 4.68 Å². The van der Waals surface area contributed by atoms with Crippen LogP contribution in [-0.2, 0) is 7.05 Å². The minimum Gasteiger partial charge on any atom is -0.356 e. The van der Waals surface area contributed by atoms with Crippen LogP contribution in [-0.4, -0.2) is 32.8 Å². The smallest absolute Gasteiger partial charge is 0.163 e. The number of hydrogen-bond donors (Lipinski definition) is 0. The lowest BCUT2D eigenvalue weighted by Gasteiger charge is -2.22. The van der Waals surface area contributed by atoms with Crippen LogP contribution in [0.15, 0.2) is 36.5 Å². The van der Waals surface area contributed by atoms with Crippen molar-refractivity contribution in [2.45, 2.75) is 32.1 Å². The van der Waals surface area contributed by atoms with Crippen LogP contribution in [0.5, 0.6) is 0 Å². The SMILES string of the molecule is Cc1nc(N2CCCC(c3ccccc3)CC2)c2cnn(C)c2n1. The third kappa shape index (κ3) is 2.75. The van der Waals surface area contributed by atoms with E-state index >= 15 is 0 Å². The van der Waals surface area contributed by atoms with Crippen molar-refractivity contribution in [2.75, 3.05) is 18.0 Å². The Labute approximate surface area is 142 Å². The van der Waals surface area contributed by atoms with Gasteiger partial charge in [0.2, 0.25) is 0 Å². The second-order valence-corrected chi connectivity index (χ2v) is 6.63. The fraction of sp³-hybridized carbons (Fsp3) is 0.421. The maximum atomic E-state index is 4.74. The molecule has 5 nitrogen and oxygen atoms in total. The van der Waals surface area contributed by atoms with Crippen LogP contribution in [0.2, 0.25) is 0 Å². The Morgan fingerprint density at radius 2 is 1.88 bits per heavy atom. The Morgan fingerprint density at radius 3 is 2.71 bits per heavy atom. The van der Waals surface area contributed by atoms with Crippen molar-refractivity contribution < 1.29 is 0 Å². The van der Waals surface area contributed by atoms with Crippen LogP contribution < -0.4 is 4.90 Å². The Balaban J connectivity index is 1.62. The molecule has 3 aromatic rings. The average molecular weight is 321 g/mol. The van der Waals surface area contributed by atoms with Gasteiger partial charge in [0, 0.05) is 20.1 Å². The molecule has 1 fully saturated rings. The third-order valence-corrected chi connectivity index (χ3v) is 4.98. The molecule has 1 unspecified atom stereocenters. The number of rotatable bonds is 2. The van der Waals surface area contributed by atoms with Crippen molar-refractivity contribution in [3.8, 4) is 0 Å². The highest BCUT2D eigenvalue weighted by Crippen LogP contribution is 2.31. The molecule has 24 heavy (non-hydrogen) atoms. The molecular formula is C19H23N5. The van der Waals surface area contributed by atoms with Crippen molar-refractivity contribution >= 4 is 16.9 Å². The second-order valence-electron chi connectivity index (χ2n) is 6.63. The lowest BCUT2D eigenvalue weighted by molar-refractivity contribution is 0.612. The first-order chi connectivity index (χ1) is 11.7. The molecule has 0 radical (unpaired) electrons. The third-order valence-electron chi connectivity index (χ3n) is 4.98. The zero-order valence-corrected chi connectivity index (χ0v) is 14.3. The van der Waals surface area contributed by atoms with E-state index in [9.17, 15) is 0 Å². The normalized spacial score (nSPS) is 18.8. The molecule has 5 heteroatoms. The molecule has 1 atom stereocenters. The Bertz CT molecular complexity index is 840. The summed E-state index contributed by atoms with van der Waals surface area (Å²) in [5.74, 6) is 2.49. The Hall–Kier alpha value is -2.43. The topological polar surface area (TPSA) is 46.8 Å². The van der Waals surface area contributed by atoms with E-state index in [2.05, 4.69) is 45.3 Å². The maximum absolute atomic E-state index is 4.74. The number of anilines is 1. The number of fused-ring (bicyclic) bond motifs is 1. The fourth-order valence-corrected chi connectivity index (χ4v) is 3.72. The van der Waals surface area contributed by atoms with Crippen molar-refractivity contribution in [2.24, 2.45) is 7.05 Å². The van der Waals surface area contributed by atoms with Gasteiger partial charge in [-0.05, 0) is 37.7 Å². The predicted octanol–water partition coefficient (Wildman–Crippen LogP) is 3.45. The van der Waals surface area contributed by atoms with E-state index in [0.29, 0.717) is 5.92 Å². The van der Waals surface area contributed by atoms with Crippen molar-refractivity contribution in [1.82, 2.24) is 19.7 Å². The predicted molar refractivity (Wildman–Crippen MR) is 96.3 cm³/mol. The molecule has 0 N–H and O–H groups in total. The van der Waals surface area contributed by atoms with Gasteiger partial charge in [0.05, 0.1) is 11.6 Å². The van der Waals surface area contributed by atoms with E-state index in [0.717, 1.165) is 42.2 Å². The Morgan fingerprint density at radius 1 is 1.04 bits per heavy atom. The molecule has 1 aromatic carbocycles. The maximum Gasteiger partial charge on any atom is 0.163 e. The first-order valence-electron chi connectivity index (χ1n) is 8.68. The van der Waals surface area contributed by atoms with Gasteiger partial charge in [0.15, 0.2) is 5.65 Å². The quantitative estimate of drug-likeness (QED) is 0.725. The lowest BCUT2D eigenvalue weighted by Crippen LogP contribution is -2.25. The van der Waals surface area contributed by atoms with Gasteiger partial charge < -0.3 is 4.90 Å². The molecule has 1 aliphatic rings. The largest absolute Gasteiger partial charge is 0.356 e. The van der Waals surface area contributed by atoms with E-state index in [4.69, 9.17) is 4.98 Å². The van der Waals surface area contributed by atoms with E-state index in [-0.39, 0.29) is 0 Å². The summed E-state index contributed by atoms with van der Waals surface area (Å²) in [5, 5.41) is 5.42. The summed E-state index contributed by atoms with van der Waals surface area (Å²) in [4.78, 5) is 11.7. The lowest BCUT2D eigenvalue weighted by atomic mass is 9.92. The summed E-state index contributed by atoms with van der Waals surface area (Å²) in [6.45, 7) is 4.03. The molecule has 0 aliphatic carbocycles. The average Bonchev–Trinajstić information content (AvgIpc) is 2.83. The Kier molecular flexibility index (Phi) is 3.92. The van der Waals surface area contributed by atoms with Crippen LogP contribution in [0.3, 0.4) is 0 Å². The molecule has 1 aliphatic heterocycles. The summed E-state index contributed by atoms with van der Waals surface area (Å²) in [7, 11) is 1.94. The molecule has 0 amide bonds. The van der Waals surface area contributed by atoms with Gasteiger partial charge >= 0.3 is 0 Å². The van der Waals surface area contributed by atoms with Crippen LogP contribution >= 0.6 is 0 Å². The van der Waals surface area contributed by atoms with Crippen LogP contribution in [0.4, 0.5) is 5.82 Å². The minimum absolute atomic E-state index is 0.642. The van der Waals surface area contributed by atoms with Gasteiger partial charge in [0.25, 0.3) is 0 Å². The molecule has 0 bridgehead atoms. The van der Waals surface area contributed by atoms with Crippen molar-refractivity contribution in [1.29, 1.82) is 0 Å². The number of nitrogens with zero attached hydrogens (tertiary/aromatic N) is 5. The molecule has 0 saturated carbocycles. The summed E-state index contributed by atoms with van der Waals surface area (Å²) in [6.07, 6.45) is 5.48. The molecule has 4 rings (SSSR count). The summed E-state index contributed by atoms with van der Waals surface area (Å²) >= 11 is 0. The molecule has 1 saturated heterocycles. The summed E-state index contributed by atoms with van der Waals surface area (Å²) < 4.78 is 1.83. The number of aromatic nitrogens is 4. The van der Waals surface area contributed by atoms with Crippen molar-refractivity contribution in [3.63, 3.8) is 0 Å². The highest BCUT2D eigenvalue weighted by molar-refractivity contribution is 5.86. The second kappa shape index (κ2) is 6.23. The highest BCUT2D eigenvalue weighted by atomic mass is 15.3. The van der Waals surface area contributed by atoms with Crippen LogP contribution in [0, 0.1) is 6.92 Å². The first-order valence-corrected chi connectivity index (χ1v) is 8.68. The monoisotopic (exact) mass is 321 g/mol. The molecular weight excluding hydrogens is 298 g/mol. The number of benzene rings is 1. The molecule has 3 heterocycles. The van der Waals surface area contributed by atoms with E-state index in [1.807, 2.05) is 24.9 Å². The molecule has 2 aromatic heterocycles. The fourth-order valence-electron chi connectivity index (χ4n) is 3.72. The van der Waals surface area contributed by atoms with Crippen LogP contribution in [0.25, 0.3) is 11.0 Å². The molecule has 0 spiro atoms. The minimum atomic E-state index is 0.642. The van der Waals surface area contributed by atoms with Gasteiger partial charge in [-0.25, -0.2) is 9.97 Å². The van der Waals surface area contributed by atoms with Gasteiger partial charge in [-0.15, -0.1) is 0 Å². The summed E-state index contributed by atoms with van der Waals surface area (Å²) in [6, 6.07) is 10.9. The van der Waals surface area contributed by atoms with E-state index < -0.39 is 0 Å². The zero-order valence-electron chi connectivity index (χ0n) is 14.3.